The van der Waals surface area contributed by atoms with Gasteiger partial charge in [0, 0.05) is 0 Å². The second kappa shape index (κ2) is 5.24. The zero-order valence-electron chi connectivity index (χ0n) is 8.47. The van der Waals surface area contributed by atoms with Gasteiger partial charge in [0.15, 0.2) is 0 Å². The number of carbonyl (C=O) groups is 1. The molecular formula is C9H7BrClN5O. The second-order valence-corrected chi connectivity index (χ2v) is 4.36. The Labute approximate surface area is 110 Å². The van der Waals surface area contributed by atoms with Crippen molar-refractivity contribution in [2.45, 2.75) is 6.54 Å². The van der Waals surface area contributed by atoms with Crippen LogP contribution in [-0.2, 0) is 11.3 Å². The number of carbonyl (C=O) groups excluding carboxylic acids is 1. The van der Waals surface area contributed by atoms with Crippen molar-refractivity contribution in [1.29, 1.82) is 0 Å². The van der Waals surface area contributed by atoms with E-state index in [9.17, 15) is 4.79 Å². The van der Waals surface area contributed by atoms with Gasteiger partial charge in [0.05, 0.1) is 15.2 Å². The summed E-state index contributed by atoms with van der Waals surface area (Å²) in [5.74, 6) is -0.236. The minimum Gasteiger partial charge on any atom is -0.323 e. The zero-order chi connectivity index (χ0) is 12.3. The fourth-order valence-corrected chi connectivity index (χ4v) is 1.73. The maximum absolute atomic E-state index is 11.7. The van der Waals surface area contributed by atoms with E-state index in [-0.39, 0.29) is 12.5 Å². The summed E-state index contributed by atoms with van der Waals surface area (Å²) in [6, 6.07) is 5.22. The van der Waals surface area contributed by atoms with Crippen molar-refractivity contribution in [3.63, 3.8) is 0 Å². The first kappa shape index (κ1) is 12.0. The van der Waals surface area contributed by atoms with E-state index in [1.54, 1.807) is 18.2 Å². The summed E-state index contributed by atoms with van der Waals surface area (Å²) in [4.78, 5) is 11.7. The van der Waals surface area contributed by atoms with Crippen molar-refractivity contribution < 1.29 is 4.79 Å². The molecule has 0 aliphatic carbocycles. The highest BCUT2D eigenvalue weighted by Gasteiger charge is 2.08. The summed E-state index contributed by atoms with van der Waals surface area (Å²) >= 11 is 9.20. The molecule has 6 nitrogen and oxygen atoms in total. The lowest BCUT2D eigenvalue weighted by Gasteiger charge is -2.07. The molecule has 8 heteroatoms. The predicted octanol–water partition coefficient (Wildman–Crippen LogP) is 1.73. The fourth-order valence-electron chi connectivity index (χ4n) is 1.19. The molecule has 1 heterocycles. The minimum absolute atomic E-state index is 0.0476. The first-order chi connectivity index (χ1) is 8.16. The fraction of sp³-hybridized carbons (Fsp3) is 0.111. The van der Waals surface area contributed by atoms with Crippen LogP contribution < -0.4 is 5.32 Å². The van der Waals surface area contributed by atoms with Crippen LogP contribution >= 0.6 is 27.5 Å². The van der Waals surface area contributed by atoms with Crippen molar-refractivity contribution in [3.05, 3.63) is 34.0 Å². The van der Waals surface area contributed by atoms with Crippen LogP contribution in [0.15, 0.2) is 29.0 Å². The van der Waals surface area contributed by atoms with Crippen LogP contribution in [0.2, 0.25) is 5.02 Å². The van der Waals surface area contributed by atoms with Gasteiger partial charge in [-0.15, -0.1) is 5.10 Å². The first-order valence-corrected chi connectivity index (χ1v) is 5.78. The Bertz CT molecular complexity index is 530. The minimum atomic E-state index is -0.236. The molecule has 0 radical (unpaired) electrons. The molecule has 0 unspecified atom stereocenters. The van der Waals surface area contributed by atoms with E-state index in [1.165, 1.54) is 11.0 Å². The average Bonchev–Trinajstić information content (AvgIpc) is 2.77. The van der Waals surface area contributed by atoms with Gasteiger partial charge in [0.2, 0.25) is 5.91 Å². The lowest BCUT2D eigenvalue weighted by molar-refractivity contribution is -0.116. The highest BCUT2D eigenvalue weighted by molar-refractivity contribution is 9.10. The van der Waals surface area contributed by atoms with Crippen LogP contribution in [0, 0.1) is 0 Å². The van der Waals surface area contributed by atoms with Crippen LogP contribution in [0.25, 0.3) is 0 Å². The molecule has 1 amide bonds. The molecule has 0 bridgehead atoms. The van der Waals surface area contributed by atoms with Gasteiger partial charge in [0.1, 0.15) is 12.9 Å². The van der Waals surface area contributed by atoms with Gasteiger partial charge in [-0.05, 0) is 38.5 Å². The van der Waals surface area contributed by atoms with Gasteiger partial charge in [0.25, 0.3) is 0 Å². The summed E-state index contributed by atoms with van der Waals surface area (Å²) in [5, 5.41) is 13.7. The molecule has 0 atom stereocenters. The summed E-state index contributed by atoms with van der Waals surface area (Å²) in [6.07, 6.45) is 1.37. The number of nitrogens with zero attached hydrogens (tertiary/aromatic N) is 4. The largest absolute Gasteiger partial charge is 0.323 e. The monoisotopic (exact) mass is 315 g/mol. The van der Waals surface area contributed by atoms with E-state index in [4.69, 9.17) is 11.6 Å². The number of aromatic nitrogens is 4. The molecule has 2 rings (SSSR count). The molecule has 88 valence electrons. The summed E-state index contributed by atoms with van der Waals surface area (Å²) in [7, 11) is 0. The number of amides is 1. The molecule has 1 aromatic carbocycles. The van der Waals surface area contributed by atoms with Gasteiger partial charge >= 0.3 is 0 Å². The number of tetrazole rings is 1. The topological polar surface area (TPSA) is 72.7 Å². The molecule has 0 saturated heterocycles. The lowest BCUT2D eigenvalue weighted by atomic mass is 10.3. The Balaban J connectivity index is 2.06. The third-order valence-electron chi connectivity index (χ3n) is 1.92. The SMILES string of the molecule is O=C(Cn1cnnn1)Nc1cccc(Cl)c1Br. The van der Waals surface area contributed by atoms with Gasteiger partial charge in [-0.3, -0.25) is 4.79 Å². The van der Waals surface area contributed by atoms with Crippen LogP contribution in [0.4, 0.5) is 5.69 Å². The molecule has 2 aromatic rings. The number of nitrogens with one attached hydrogen (secondary N) is 1. The Morgan fingerprint density at radius 3 is 3.06 bits per heavy atom. The standard InChI is InChI=1S/C9H7BrClN5O/c10-9-6(11)2-1-3-7(9)13-8(17)4-16-5-12-14-15-16/h1-3,5H,4H2,(H,13,17). The Kier molecular flexibility index (Phi) is 3.70. The molecular weight excluding hydrogens is 309 g/mol. The molecule has 1 aromatic heterocycles. The van der Waals surface area contributed by atoms with Crippen LogP contribution in [0.5, 0.6) is 0 Å². The highest BCUT2D eigenvalue weighted by atomic mass is 79.9. The Hall–Kier alpha value is -1.47. The van der Waals surface area contributed by atoms with E-state index in [1.807, 2.05) is 0 Å². The van der Waals surface area contributed by atoms with Crippen LogP contribution in [0.1, 0.15) is 0 Å². The number of hydrogen-bond acceptors (Lipinski definition) is 4. The number of hydrogen-bond donors (Lipinski definition) is 1. The first-order valence-electron chi connectivity index (χ1n) is 4.61. The molecule has 0 aliphatic heterocycles. The Morgan fingerprint density at radius 1 is 1.53 bits per heavy atom. The third kappa shape index (κ3) is 3.01. The predicted molar refractivity (Wildman–Crippen MR) is 65.6 cm³/mol. The molecule has 17 heavy (non-hydrogen) atoms. The van der Waals surface area contributed by atoms with Gasteiger partial charge in [-0.2, -0.15) is 0 Å². The summed E-state index contributed by atoms with van der Waals surface area (Å²) in [5.41, 5.74) is 0.607. The number of anilines is 1. The smallest absolute Gasteiger partial charge is 0.246 e. The molecule has 0 spiro atoms. The van der Waals surface area contributed by atoms with Crippen LogP contribution in [-0.4, -0.2) is 26.1 Å². The normalized spacial score (nSPS) is 10.2. The quantitative estimate of drug-likeness (QED) is 0.936. The Morgan fingerprint density at radius 2 is 2.35 bits per heavy atom. The number of rotatable bonds is 3. The van der Waals surface area contributed by atoms with Crippen molar-refractivity contribution in [2.24, 2.45) is 0 Å². The van der Waals surface area contributed by atoms with Crippen LogP contribution in [0.3, 0.4) is 0 Å². The molecule has 0 saturated carbocycles. The average molecular weight is 317 g/mol. The van der Waals surface area contributed by atoms with E-state index in [0.29, 0.717) is 15.2 Å². The van der Waals surface area contributed by atoms with Crippen molar-refractivity contribution in [1.82, 2.24) is 20.2 Å². The lowest BCUT2D eigenvalue weighted by Crippen LogP contribution is -2.19. The van der Waals surface area contributed by atoms with E-state index >= 15 is 0 Å². The molecule has 1 N–H and O–H groups in total. The van der Waals surface area contributed by atoms with E-state index in [0.717, 1.165) is 0 Å². The molecule has 0 fully saturated rings. The second-order valence-electron chi connectivity index (χ2n) is 3.16. The van der Waals surface area contributed by atoms with Crippen molar-refractivity contribution in [2.75, 3.05) is 5.32 Å². The van der Waals surface area contributed by atoms with Gasteiger partial charge < -0.3 is 5.32 Å². The zero-order valence-corrected chi connectivity index (χ0v) is 10.8. The summed E-state index contributed by atoms with van der Waals surface area (Å²) in [6.45, 7) is 0.0476. The number of benzene rings is 1. The summed E-state index contributed by atoms with van der Waals surface area (Å²) < 4.78 is 1.97. The van der Waals surface area contributed by atoms with Crippen molar-refractivity contribution >= 4 is 39.1 Å². The number of halogens is 2. The van der Waals surface area contributed by atoms with Gasteiger partial charge in [-0.25, -0.2) is 4.68 Å². The maximum Gasteiger partial charge on any atom is 0.246 e. The molecule has 0 aliphatic rings. The third-order valence-corrected chi connectivity index (χ3v) is 3.32. The van der Waals surface area contributed by atoms with Gasteiger partial charge in [-0.1, -0.05) is 17.7 Å². The maximum atomic E-state index is 11.7. The van der Waals surface area contributed by atoms with E-state index in [2.05, 4.69) is 36.8 Å². The van der Waals surface area contributed by atoms with Crippen molar-refractivity contribution in [3.8, 4) is 0 Å². The van der Waals surface area contributed by atoms with E-state index < -0.39 is 0 Å². The highest BCUT2D eigenvalue weighted by Crippen LogP contribution is 2.29.